The first-order valence-corrected chi connectivity index (χ1v) is 7.80. The molecule has 1 atom stereocenters. The van der Waals surface area contributed by atoms with E-state index in [0.29, 0.717) is 19.4 Å². The maximum absolute atomic E-state index is 12.0. The van der Waals surface area contributed by atoms with Crippen molar-refractivity contribution in [1.29, 1.82) is 0 Å². The third-order valence-corrected chi connectivity index (χ3v) is 5.28. The largest absolute Gasteiger partial charge is 0.353 e. The van der Waals surface area contributed by atoms with Crippen molar-refractivity contribution in [1.82, 2.24) is 10.6 Å². The number of thioether (sulfide) groups is 1. The Morgan fingerprint density at radius 3 is 2.70 bits per heavy atom. The second-order valence-electron chi connectivity index (χ2n) is 5.47. The average Bonchev–Trinajstić information content (AvgIpc) is 3.08. The van der Waals surface area contributed by atoms with Crippen LogP contribution in [0.25, 0.3) is 0 Å². The molecule has 4 nitrogen and oxygen atoms in total. The second kappa shape index (κ2) is 5.48. The van der Waals surface area contributed by atoms with Gasteiger partial charge in [0, 0.05) is 22.6 Å². The van der Waals surface area contributed by atoms with Gasteiger partial charge in [-0.05, 0) is 31.4 Å². The molecule has 2 aliphatic rings. The maximum atomic E-state index is 12.0. The Balaban J connectivity index is 1.50. The van der Waals surface area contributed by atoms with Crippen LogP contribution >= 0.6 is 11.8 Å². The molecule has 2 amide bonds. The number of carbonyl (C=O) groups excluding carboxylic acids is 2. The zero-order valence-electron chi connectivity index (χ0n) is 11.2. The minimum Gasteiger partial charge on any atom is -0.353 e. The monoisotopic (exact) mass is 290 g/mol. The van der Waals surface area contributed by atoms with Gasteiger partial charge in [0.2, 0.25) is 11.8 Å². The fraction of sp³-hybridized carbons (Fsp3) is 0.467. The van der Waals surface area contributed by atoms with E-state index in [9.17, 15) is 9.59 Å². The molecule has 1 heterocycles. The first-order chi connectivity index (χ1) is 9.67. The molecule has 0 bridgehead atoms. The minimum absolute atomic E-state index is 0.0232. The molecule has 0 spiro atoms. The van der Waals surface area contributed by atoms with Gasteiger partial charge in [0.05, 0.1) is 0 Å². The fourth-order valence-corrected chi connectivity index (χ4v) is 3.62. The molecular formula is C15H18N2O2S. The Labute approximate surface area is 122 Å². The van der Waals surface area contributed by atoms with Crippen LogP contribution in [0.3, 0.4) is 0 Å². The summed E-state index contributed by atoms with van der Waals surface area (Å²) in [5, 5.41) is 5.70. The van der Waals surface area contributed by atoms with E-state index in [4.69, 9.17) is 0 Å². The molecule has 1 aliphatic carbocycles. The first-order valence-electron chi connectivity index (χ1n) is 6.98. The lowest BCUT2D eigenvalue weighted by atomic mass is 10.2. The van der Waals surface area contributed by atoms with Gasteiger partial charge in [0.25, 0.3) is 0 Å². The van der Waals surface area contributed by atoms with Crippen LogP contribution in [-0.2, 0) is 9.59 Å². The number of nitrogens with one attached hydrogen (secondary N) is 2. The summed E-state index contributed by atoms with van der Waals surface area (Å²) in [5.74, 6) is -0.0688. The smallest absolute Gasteiger partial charge is 0.242 e. The Kier molecular flexibility index (Phi) is 3.70. The van der Waals surface area contributed by atoms with E-state index in [2.05, 4.69) is 22.8 Å². The van der Waals surface area contributed by atoms with E-state index in [1.165, 1.54) is 4.90 Å². The summed E-state index contributed by atoms with van der Waals surface area (Å²) < 4.78 is 0.152. The van der Waals surface area contributed by atoms with E-state index in [-0.39, 0.29) is 22.6 Å². The quantitative estimate of drug-likeness (QED) is 0.868. The highest BCUT2D eigenvalue weighted by Crippen LogP contribution is 2.51. The number of hydrogen-bond donors (Lipinski definition) is 2. The van der Waals surface area contributed by atoms with Crippen LogP contribution in [0.5, 0.6) is 0 Å². The zero-order valence-corrected chi connectivity index (χ0v) is 12.0. The van der Waals surface area contributed by atoms with Gasteiger partial charge in [-0.15, -0.1) is 11.8 Å². The predicted octanol–water partition coefficient (Wildman–Crippen LogP) is 1.71. The molecule has 5 heteroatoms. The van der Waals surface area contributed by atoms with Crippen molar-refractivity contribution >= 4 is 23.6 Å². The summed E-state index contributed by atoms with van der Waals surface area (Å²) in [6.45, 7) is 0.678. The Hall–Kier alpha value is -1.49. The third-order valence-electron chi connectivity index (χ3n) is 3.78. The standard InChI is InChI=1S/C15H18N2O2S/c18-13-7-6-12(17-13)14(19)16-10-15(8-9-15)20-11-4-2-1-3-5-11/h1-5,12H,6-10H2,(H,16,19)(H,17,18)/t12-/m1/s1. The van der Waals surface area contributed by atoms with Crippen molar-refractivity contribution in [3.63, 3.8) is 0 Å². The van der Waals surface area contributed by atoms with E-state index >= 15 is 0 Å². The molecule has 1 aliphatic heterocycles. The van der Waals surface area contributed by atoms with Crippen LogP contribution in [0.2, 0.25) is 0 Å². The average molecular weight is 290 g/mol. The highest BCUT2D eigenvalue weighted by atomic mass is 32.2. The number of carbonyl (C=O) groups is 2. The SMILES string of the molecule is O=C1CC[C@H](C(=O)NCC2(Sc3ccccc3)CC2)N1. The predicted molar refractivity (Wildman–Crippen MR) is 78.4 cm³/mol. The molecule has 2 N–H and O–H groups in total. The lowest BCUT2D eigenvalue weighted by Crippen LogP contribution is -2.44. The number of benzene rings is 1. The highest BCUT2D eigenvalue weighted by molar-refractivity contribution is 8.01. The molecule has 20 heavy (non-hydrogen) atoms. The normalized spacial score (nSPS) is 23.2. The van der Waals surface area contributed by atoms with E-state index in [1.54, 1.807) is 0 Å². The molecule has 3 rings (SSSR count). The van der Waals surface area contributed by atoms with E-state index in [0.717, 1.165) is 12.8 Å². The summed E-state index contributed by atoms with van der Waals surface area (Å²) in [6.07, 6.45) is 3.33. The van der Waals surface area contributed by atoms with Gasteiger partial charge in [0.15, 0.2) is 0 Å². The van der Waals surface area contributed by atoms with Gasteiger partial charge >= 0.3 is 0 Å². The van der Waals surface area contributed by atoms with Crippen LogP contribution < -0.4 is 10.6 Å². The molecule has 1 saturated heterocycles. The second-order valence-corrected chi connectivity index (χ2v) is 7.02. The van der Waals surface area contributed by atoms with Gasteiger partial charge < -0.3 is 10.6 Å². The number of rotatable bonds is 5. The van der Waals surface area contributed by atoms with Crippen molar-refractivity contribution in [3.8, 4) is 0 Å². The van der Waals surface area contributed by atoms with Crippen LogP contribution in [0.1, 0.15) is 25.7 Å². The van der Waals surface area contributed by atoms with Crippen LogP contribution in [0.4, 0.5) is 0 Å². The first kappa shape index (κ1) is 13.5. The Bertz CT molecular complexity index is 514. The minimum atomic E-state index is -0.333. The number of hydrogen-bond acceptors (Lipinski definition) is 3. The Morgan fingerprint density at radius 1 is 1.35 bits per heavy atom. The zero-order chi connectivity index (χ0) is 14.0. The molecule has 106 valence electrons. The van der Waals surface area contributed by atoms with Crippen LogP contribution in [-0.4, -0.2) is 29.1 Å². The summed E-state index contributed by atoms with van der Waals surface area (Å²) in [4.78, 5) is 24.3. The highest BCUT2D eigenvalue weighted by Gasteiger charge is 2.44. The van der Waals surface area contributed by atoms with Crippen LogP contribution in [0.15, 0.2) is 35.2 Å². The Morgan fingerprint density at radius 2 is 2.10 bits per heavy atom. The molecule has 0 unspecified atom stereocenters. The lowest BCUT2D eigenvalue weighted by Gasteiger charge is -2.17. The van der Waals surface area contributed by atoms with Gasteiger partial charge in [0.1, 0.15) is 6.04 Å². The molecule has 0 radical (unpaired) electrons. The third kappa shape index (κ3) is 3.15. The summed E-state index contributed by atoms with van der Waals surface area (Å²) in [6, 6.07) is 9.94. The molecule has 0 aromatic heterocycles. The molecule has 1 aromatic rings. The molecule has 1 aromatic carbocycles. The van der Waals surface area contributed by atoms with Crippen molar-refractivity contribution in [2.75, 3.05) is 6.54 Å². The van der Waals surface area contributed by atoms with Gasteiger partial charge in [-0.3, -0.25) is 9.59 Å². The van der Waals surface area contributed by atoms with Crippen molar-refractivity contribution in [2.24, 2.45) is 0 Å². The van der Waals surface area contributed by atoms with E-state index < -0.39 is 0 Å². The van der Waals surface area contributed by atoms with Crippen LogP contribution in [0, 0.1) is 0 Å². The van der Waals surface area contributed by atoms with Crippen molar-refractivity contribution in [3.05, 3.63) is 30.3 Å². The van der Waals surface area contributed by atoms with Crippen molar-refractivity contribution < 1.29 is 9.59 Å². The van der Waals surface area contributed by atoms with Crippen molar-refractivity contribution in [2.45, 2.75) is 41.4 Å². The summed E-state index contributed by atoms with van der Waals surface area (Å²) in [7, 11) is 0. The molecule has 1 saturated carbocycles. The van der Waals surface area contributed by atoms with Gasteiger partial charge in [-0.1, -0.05) is 18.2 Å². The molecular weight excluding hydrogens is 272 g/mol. The fourth-order valence-electron chi connectivity index (χ4n) is 2.38. The maximum Gasteiger partial charge on any atom is 0.242 e. The van der Waals surface area contributed by atoms with Gasteiger partial charge in [-0.2, -0.15) is 0 Å². The summed E-state index contributed by atoms with van der Waals surface area (Å²) in [5.41, 5.74) is 0. The summed E-state index contributed by atoms with van der Waals surface area (Å²) >= 11 is 1.84. The molecule has 2 fully saturated rings. The lowest BCUT2D eigenvalue weighted by molar-refractivity contribution is -0.125. The van der Waals surface area contributed by atoms with Gasteiger partial charge in [-0.25, -0.2) is 0 Å². The van der Waals surface area contributed by atoms with E-state index in [1.807, 2.05) is 30.0 Å². The topological polar surface area (TPSA) is 58.2 Å². The number of amides is 2.